The van der Waals surface area contributed by atoms with E-state index in [2.05, 4.69) is 25.6 Å². The maximum absolute atomic E-state index is 13.9. The van der Waals surface area contributed by atoms with E-state index in [1.54, 1.807) is 21.1 Å². The van der Waals surface area contributed by atoms with Crippen LogP contribution in [0, 0.1) is 5.92 Å². The predicted octanol–water partition coefficient (Wildman–Crippen LogP) is 2.70. The second-order valence-corrected chi connectivity index (χ2v) is 11.4. The van der Waals surface area contributed by atoms with Crippen LogP contribution < -0.4 is 25.7 Å². The van der Waals surface area contributed by atoms with Crippen molar-refractivity contribution in [2.24, 2.45) is 5.92 Å². The minimum Gasteiger partial charge on any atom is -0.497 e. The molecule has 0 aliphatic heterocycles. The van der Waals surface area contributed by atoms with E-state index in [0.717, 1.165) is 16.7 Å². The van der Waals surface area contributed by atoms with E-state index < -0.39 is 53.9 Å². The summed E-state index contributed by atoms with van der Waals surface area (Å²) >= 11 is 0. The summed E-state index contributed by atoms with van der Waals surface area (Å²) in [6.45, 7) is 0.537. The number of methoxy groups -OCH3 is 2. The number of aliphatic hydroxyl groups is 1. The lowest BCUT2D eigenvalue weighted by Gasteiger charge is -2.38. The Morgan fingerprint density at radius 2 is 1.49 bits per heavy atom. The first-order valence-corrected chi connectivity index (χ1v) is 15.3. The molecule has 254 valence electrons. The molecule has 0 fully saturated rings. The van der Waals surface area contributed by atoms with Gasteiger partial charge >= 0.3 is 5.97 Å². The summed E-state index contributed by atoms with van der Waals surface area (Å²) in [7, 11) is 3.19. The molecule has 0 spiro atoms. The molecule has 0 bridgehead atoms. The number of carboxylic acids is 1. The number of carboxylic acid groups (broad SMARTS) is 1. The number of amides is 2. The first-order chi connectivity index (χ1) is 23.6. The normalized spacial score (nSPS) is 12.6. The molecule has 14 heteroatoms. The molecule has 0 saturated carbocycles. The van der Waals surface area contributed by atoms with Crippen LogP contribution in [0.25, 0.3) is 11.2 Å². The van der Waals surface area contributed by atoms with E-state index in [1.807, 2.05) is 78.9 Å². The Labute approximate surface area is 280 Å². The topological polar surface area (TPSA) is 198 Å². The number of rotatable bonds is 14. The van der Waals surface area contributed by atoms with E-state index >= 15 is 0 Å². The number of aliphatic hydroxyl groups excluding tert-OH is 1. The third-order valence-corrected chi connectivity index (χ3v) is 8.34. The third-order valence-electron chi connectivity index (χ3n) is 8.34. The lowest BCUT2D eigenvalue weighted by atomic mass is 9.65. The number of aromatic nitrogens is 4. The smallest absolute Gasteiger partial charge is 0.328 e. The van der Waals surface area contributed by atoms with Gasteiger partial charge < -0.3 is 29.6 Å². The Bertz CT molecular complexity index is 1940. The SMILES string of the molecule is COc1ccc(C(CC(C)C(=O)Nc2nc3c(ncn3CC(=O)N[C@@H](CO)C(=O)O)c(=O)[nH]2)(c2ccccc2)c2ccc(OC)cc2)cc1. The van der Waals surface area contributed by atoms with Crippen LogP contribution >= 0.6 is 0 Å². The lowest BCUT2D eigenvalue weighted by Crippen LogP contribution is -2.44. The van der Waals surface area contributed by atoms with Gasteiger partial charge in [0.1, 0.15) is 24.1 Å². The number of hydrogen-bond donors (Lipinski definition) is 5. The number of imidazole rings is 1. The van der Waals surface area contributed by atoms with Crippen molar-refractivity contribution in [1.29, 1.82) is 0 Å². The van der Waals surface area contributed by atoms with E-state index in [4.69, 9.17) is 14.6 Å². The van der Waals surface area contributed by atoms with Crippen LogP contribution in [0.15, 0.2) is 90.0 Å². The van der Waals surface area contributed by atoms with Crippen molar-refractivity contribution >= 4 is 34.9 Å². The zero-order valence-corrected chi connectivity index (χ0v) is 27.0. The molecule has 2 heterocycles. The van der Waals surface area contributed by atoms with E-state index in [-0.39, 0.29) is 17.1 Å². The third kappa shape index (κ3) is 7.28. The molecule has 2 amide bonds. The minimum absolute atomic E-state index is 0.00664. The average molecular weight is 669 g/mol. The highest BCUT2D eigenvalue weighted by Gasteiger charge is 2.39. The molecule has 2 aromatic heterocycles. The Morgan fingerprint density at radius 1 is 0.918 bits per heavy atom. The van der Waals surface area contributed by atoms with Crippen LogP contribution in [0.5, 0.6) is 11.5 Å². The summed E-state index contributed by atoms with van der Waals surface area (Å²) in [5.74, 6) is -2.03. The van der Waals surface area contributed by atoms with Gasteiger partial charge in [-0.3, -0.25) is 24.7 Å². The molecule has 14 nitrogen and oxygen atoms in total. The van der Waals surface area contributed by atoms with Crippen molar-refractivity contribution in [2.45, 2.75) is 31.3 Å². The van der Waals surface area contributed by atoms with Crippen molar-refractivity contribution in [1.82, 2.24) is 24.8 Å². The zero-order valence-electron chi connectivity index (χ0n) is 27.0. The number of anilines is 1. The summed E-state index contributed by atoms with van der Waals surface area (Å²) < 4.78 is 12.1. The number of carbonyl (C=O) groups is 3. The largest absolute Gasteiger partial charge is 0.497 e. The number of fused-ring (bicyclic) bond motifs is 1. The van der Waals surface area contributed by atoms with Gasteiger partial charge in [0.25, 0.3) is 5.56 Å². The fourth-order valence-corrected chi connectivity index (χ4v) is 5.83. The molecule has 5 N–H and O–H groups in total. The highest BCUT2D eigenvalue weighted by molar-refractivity contribution is 5.91. The molecule has 3 aromatic carbocycles. The number of aromatic amines is 1. The van der Waals surface area contributed by atoms with Crippen molar-refractivity contribution in [3.63, 3.8) is 0 Å². The maximum atomic E-state index is 13.9. The van der Waals surface area contributed by atoms with Crippen LogP contribution in [0.3, 0.4) is 0 Å². The second-order valence-electron chi connectivity index (χ2n) is 11.4. The van der Waals surface area contributed by atoms with Gasteiger partial charge in [0, 0.05) is 11.3 Å². The summed E-state index contributed by atoms with van der Waals surface area (Å²) in [4.78, 5) is 61.4. The number of aliphatic carboxylic acids is 1. The number of ether oxygens (including phenoxy) is 2. The van der Waals surface area contributed by atoms with Crippen molar-refractivity contribution in [2.75, 3.05) is 26.1 Å². The number of H-pyrrole nitrogens is 1. The summed E-state index contributed by atoms with van der Waals surface area (Å²) in [6.07, 6.45) is 1.51. The minimum atomic E-state index is -1.51. The summed E-state index contributed by atoms with van der Waals surface area (Å²) in [5, 5.41) is 23.3. The number of carbonyl (C=O) groups excluding carboxylic acids is 2. The Morgan fingerprint density at radius 3 is 2.02 bits per heavy atom. The van der Waals surface area contributed by atoms with Crippen molar-refractivity contribution in [3.05, 3.63) is 112 Å². The fraction of sp³-hybridized carbons (Fsp3) is 0.257. The summed E-state index contributed by atoms with van der Waals surface area (Å²) in [5.41, 5.74) is 1.24. The fourth-order valence-electron chi connectivity index (χ4n) is 5.83. The monoisotopic (exact) mass is 668 g/mol. The van der Waals surface area contributed by atoms with Gasteiger partial charge in [-0.2, -0.15) is 4.98 Å². The lowest BCUT2D eigenvalue weighted by molar-refractivity contribution is -0.143. The van der Waals surface area contributed by atoms with E-state index in [0.29, 0.717) is 17.9 Å². The first-order valence-electron chi connectivity index (χ1n) is 15.3. The molecular formula is C35H36N6O8. The van der Waals surface area contributed by atoms with Gasteiger partial charge in [-0.15, -0.1) is 0 Å². The van der Waals surface area contributed by atoms with E-state index in [1.165, 1.54) is 10.9 Å². The van der Waals surface area contributed by atoms with Crippen LogP contribution in [-0.4, -0.2) is 74.4 Å². The maximum Gasteiger partial charge on any atom is 0.328 e. The van der Waals surface area contributed by atoms with Crippen LogP contribution in [0.1, 0.15) is 30.0 Å². The van der Waals surface area contributed by atoms with Gasteiger partial charge in [-0.25, -0.2) is 9.78 Å². The van der Waals surface area contributed by atoms with Gasteiger partial charge in [0.15, 0.2) is 11.2 Å². The molecule has 5 rings (SSSR count). The van der Waals surface area contributed by atoms with Gasteiger partial charge in [-0.1, -0.05) is 61.5 Å². The highest BCUT2D eigenvalue weighted by Crippen LogP contribution is 2.45. The van der Waals surface area contributed by atoms with Crippen molar-refractivity contribution < 1.29 is 34.1 Å². The van der Waals surface area contributed by atoms with Gasteiger partial charge in [-0.05, 0) is 47.4 Å². The predicted molar refractivity (Wildman–Crippen MR) is 180 cm³/mol. The van der Waals surface area contributed by atoms with Gasteiger partial charge in [0.05, 0.1) is 27.2 Å². The molecule has 2 atom stereocenters. The number of nitrogens with zero attached hydrogens (tertiary/aromatic N) is 3. The summed E-state index contributed by atoms with van der Waals surface area (Å²) in [6, 6.07) is 23.8. The average Bonchev–Trinajstić information content (AvgIpc) is 3.52. The Kier molecular flexibility index (Phi) is 10.4. The van der Waals surface area contributed by atoms with E-state index in [9.17, 15) is 24.3 Å². The number of hydrogen-bond acceptors (Lipinski definition) is 9. The first kappa shape index (κ1) is 34.3. The molecule has 0 aliphatic rings. The number of benzene rings is 3. The Balaban J connectivity index is 1.48. The number of nitrogens with one attached hydrogen (secondary N) is 3. The molecule has 0 aliphatic carbocycles. The Hall–Kier alpha value is -6.02. The molecule has 0 saturated heterocycles. The standard InChI is InChI=1S/C35H36N6O8/c1-21(31(44)39-34-38-30-29(32(45)40-34)36-20-41(30)18-28(43)37-27(19-42)33(46)47)17-35(22-7-5-4-6-8-22,23-9-13-25(48-2)14-10-23)24-11-15-26(49-3)16-12-24/h4-16,20-21,27,42H,17-19H2,1-3H3,(H,37,43)(H,46,47)(H2,38,39,40,44,45)/t21?,27-/m0/s1. The molecule has 5 aromatic rings. The molecule has 49 heavy (non-hydrogen) atoms. The van der Waals surface area contributed by atoms with Crippen LogP contribution in [0.4, 0.5) is 5.95 Å². The molecular weight excluding hydrogens is 632 g/mol. The molecule has 1 unspecified atom stereocenters. The molecule has 0 radical (unpaired) electrons. The quantitative estimate of drug-likeness (QED) is 0.110. The van der Waals surface area contributed by atoms with Crippen molar-refractivity contribution in [3.8, 4) is 11.5 Å². The highest BCUT2D eigenvalue weighted by atomic mass is 16.5. The second kappa shape index (κ2) is 14.8. The van der Waals surface area contributed by atoms with Gasteiger partial charge in [0.2, 0.25) is 17.8 Å². The van der Waals surface area contributed by atoms with Crippen LogP contribution in [-0.2, 0) is 26.3 Å². The zero-order chi connectivity index (χ0) is 35.1. The van der Waals surface area contributed by atoms with Crippen LogP contribution in [0.2, 0.25) is 0 Å².